The summed E-state index contributed by atoms with van der Waals surface area (Å²) in [5, 5.41) is 0. The summed E-state index contributed by atoms with van der Waals surface area (Å²) in [6.07, 6.45) is 2.79. The van der Waals surface area contributed by atoms with Crippen molar-refractivity contribution in [1.82, 2.24) is 0 Å². The zero-order chi connectivity index (χ0) is 17.7. The highest BCUT2D eigenvalue weighted by Crippen LogP contribution is 2.25. The highest BCUT2D eigenvalue weighted by molar-refractivity contribution is 5.37. The lowest BCUT2D eigenvalue weighted by Crippen LogP contribution is -2.03. The minimum absolute atomic E-state index is 0.464. The van der Waals surface area contributed by atoms with Gasteiger partial charge < -0.3 is 23.7 Å². The van der Waals surface area contributed by atoms with Gasteiger partial charge in [-0.15, -0.1) is 0 Å². The summed E-state index contributed by atoms with van der Waals surface area (Å²) in [4.78, 5) is 0. The highest BCUT2D eigenvalue weighted by Gasteiger charge is 2.00. The van der Waals surface area contributed by atoms with Gasteiger partial charge in [-0.1, -0.05) is 13.2 Å². The predicted molar refractivity (Wildman–Crippen MR) is 96.2 cm³/mol. The molecule has 0 aromatic heterocycles. The van der Waals surface area contributed by atoms with E-state index in [0.717, 1.165) is 23.0 Å². The van der Waals surface area contributed by atoms with E-state index in [9.17, 15) is 0 Å². The van der Waals surface area contributed by atoms with Crippen LogP contribution >= 0.6 is 0 Å². The van der Waals surface area contributed by atoms with E-state index >= 15 is 0 Å². The molecule has 0 aliphatic heterocycles. The molecule has 0 radical (unpaired) electrons. The maximum Gasteiger partial charge on any atom is 0.127 e. The van der Waals surface area contributed by atoms with E-state index in [0.29, 0.717) is 26.4 Å². The monoisotopic (exact) mass is 342 g/mol. The van der Waals surface area contributed by atoms with E-state index in [-0.39, 0.29) is 0 Å². The highest BCUT2D eigenvalue weighted by atomic mass is 16.5. The molecule has 2 aromatic carbocycles. The Balaban J connectivity index is 1.79. The molecule has 0 unspecified atom stereocenters. The molecule has 5 nitrogen and oxygen atoms in total. The quantitative estimate of drug-likeness (QED) is 0.418. The van der Waals surface area contributed by atoms with E-state index in [1.165, 1.54) is 12.5 Å². The number of ether oxygens (including phenoxy) is 5. The standard InChI is InChI=1S/C20H22O5/c1-3-21-13-15-23-17-5-9-19(10-6-17)25-20-11-7-18(8-12-20)24-16-14-22-4-2/h3-12H,1-2,13-16H2. The molecule has 0 aliphatic carbocycles. The first-order valence-corrected chi connectivity index (χ1v) is 7.90. The van der Waals surface area contributed by atoms with E-state index in [2.05, 4.69) is 13.2 Å². The van der Waals surface area contributed by atoms with Gasteiger partial charge in [0, 0.05) is 0 Å². The first-order valence-electron chi connectivity index (χ1n) is 7.90. The van der Waals surface area contributed by atoms with Gasteiger partial charge in [0.25, 0.3) is 0 Å². The lowest BCUT2D eigenvalue weighted by atomic mass is 10.3. The molecule has 0 heterocycles. The summed E-state index contributed by atoms with van der Waals surface area (Å²) < 4.78 is 26.8. The van der Waals surface area contributed by atoms with Crippen molar-refractivity contribution in [3.63, 3.8) is 0 Å². The molecule has 0 saturated carbocycles. The van der Waals surface area contributed by atoms with Gasteiger partial charge in [-0.05, 0) is 48.5 Å². The van der Waals surface area contributed by atoms with Crippen LogP contribution in [0.4, 0.5) is 0 Å². The maximum absolute atomic E-state index is 5.79. The van der Waals surface area contributed by atoms with Crippen LogP contribution < -0.4 is 14.2 Å². The first kappa shape index (κ1) is 18.3. The Hall–Kier alpha value is -3.08. The Kier molecular flexibility index (Phi) is 7.78. The van der Waals surface area contributed by atoms with Crippen molar-refractivity contribution in [2.24, 2.45) is 0 Å². The van der Waals surface area contributed by atoms with E-state index < -0.39 is 0 Å². The fourth-order valence-electron chi connectivity index (χ4n) is 1.93. The second-order valence-corrected chi connectivity index (χ2v) is 4.82. The van der Waals surface area contributed by atoms with Gasteiger partial charge >= 0.3 is 0 Å². The molecule has 2 rings (SSSR count). The number of hydrogen-bond donors (Lipinski definition) is 0. The van der Waals surface area contributed by atoms with Crippen LogP contribution in [0.25, 0.3) is 0 Å². The molecule has 0 spiro atoms. The zero-order valence-corrected chi connectivity index (χ0v) is 14.1. The Labute approximate surface area is 148 Å². The summed E-state index contributed by atoms with van der Waals surface area (Å²) in [6.45, 7) is 8.81. The summed E-state index contributed by atoms with van der Waals surface area (Å²) >= 11 is 0. The molecule has 2 aromatic rings. The summed E-state index contributed by atoms with van der Waals surface area (Å²) in [5.41, 5.74) is 0. The van der Waals surface area contributed by atoms with Crippen molar-refractivity contribution < 1.29 is 23.7 Å². The molecular formula is C20H22O5. The Morgan fingerprint density at radius 3 is 1.28 bits per heavy atom. The van der Waals surface area contributed by atoms with Crippen LogP contribution in [-0.2, 0) is 9.47 Å². The molecule has 0 bridgehead atoms. The molecule has 5 heteroatoms. The lowest BCUT2D eigenvalue weighted by Gasteiger charge is -2.09. The van der Waals surface area contributed by atoms with Gasteiger partial charge in [-0.25, -0.2) is 0 Å². The summed E-state index contributed by atoms with van der Waals surface area (Å²) in [5.74, 6) is 2.96. The van der Waals surface area contributed by atoms with Gasteiger partial charge in [0.05, 0.1) is 12.5 Å². The van der Waals surface area contributed by atoms with Crippen LogP contribution in [0.3, 0.4) is 0 Å². The van der Waals surface area contributed by atoms with Crippen LogP contribution in [0.5, 0.6) is 23.0 Å². The van der Waals surface area contributed by atoms with E-state index in [4.69, 9.17) is 23.7 Å². The SMILES string of the molecule is C=COCCOc1ccc(Oc2ccc(OCCOC=C)cc2)cc1. The molecule has 0 saturated heterocycles. The summed E-state index contributed by atoms with van der Waals surface area (Å²) in [7, 11) is 0. The largest absolute Gasteiger partial charge is 0.498 e. The fourth-order valence-corrected chi connectivity index (χ4v) is 1.93. The minimum atomic E-state index is 0.464. The molecule has 0 N–H and O–H groups in total. The molecular weight excluding hydrogens is 320 g/mol. The summed E-state index contributed by atoms with van der Waals surface area (Å²) in [6, 6.07) is 14.8. The lowest BCUT2D eigenvalue weighted by molar-refractivity contribution is 0.179. The van der Waals surface area contributed by atoms with Crippen molar-refractivity contribution in [1.29, 1.82) is 0 Å². The first-order chi connectivity index (χ1) is 12.3. The van der Waals surface area contributed by atoms with Gasteiger partial charge in [-0.2, -0.15) is 0 Å². The van der Waals surface area contributed by atoms with Gasteiger partial charge in [0.1, 0.15) is 49.4 Å². The van der Waals surface area contributed by atoms with Crippen molar-refractivity contribution >= 4 is 0 Å². The average molecular weight is 342 g/mol. The molecule has 25 heavy (non-hydrogen) atoms. The molecule has 0 fully saturated rings. The minimum Gasteiger partial charge on any atom is -0.498 e. The van der Waals surface area contributed by atoms with Crippen LogP contribution in [0.1, 0.15) is 0 Å². The average Bonchev–Trinajstić information content (AvgIpc) is 2.65. The van der Waals surface area contributed by atoms with E-state index in [1.807, 2.05) is 48.5 Å². The Morgan fingerprint density at radius 2 is 0.920 bits per heavy atom. The number of rotatable bonds is 12. The third-order valence-electron chi connectivity index (χ3n) is 3.06. The number of hydrogen-bond acceptors (Lipinski definition) is 5. The van der Waals surface area contributed by atoms with Crippen molar-refractivity contribution in [3.05, 3.63) is 74.2 Å². The third kappa shape index (κ3) is 6.91. The van der Waals surface area contributed by atoms with Gasteiger partial charge in [0.15, 0.2) is 0 Å². The normalized spacial score (nSPS) is 9.76. The second kappa shape index (κ2) is 10.6. The van der Waals surface area contributed by atoms with Crippen LogP contribution in [0, 0.1) is 0 Å². The fraction of sp³-hybridized carbons (Fsp3) is 0.200. The van der Waals surface area contributed by atoms with Crippen LogP contribution in [-0.4, -0.2) is 26.4 Å². The second-order valence-electron chi connectivity index (χ2n) is 4.82. The van der Waals surface area contributed by atoms with Gasteiger partial charge in [-0.3, -0.25) is 0 Å². The molecule has 132 valence electrons. The molecule has 0 amide bonds. The van der Waals surface area contributed by atoms with Gasteiger partial charge in [0.2, 0.25) is 0 Å². The van der Waals surface area contributed by atoms with Crippen molar-refractivity contribution in [3.8, 4) is 23.0 Å². The third-order valence-corrected chi connectivity index (χ3v) is 3.06. The Bertz CT molecular complexity index is 577. The smallest absolute Gasteiger partial charge is 0.127 e. The van der Waals surface area contributed by atoms with Crippen LogP contribution in [0.15, 0.2) is 74.2 Å². The topological polar surface area (TPSA) is 46.2 Å². The van der Waals surface area contributed by atoms with Crippen molar-refractivity contribution in [2.75, 3.05) is 26.4 Å². The zero-order valence-electron chi connectivity index (χ0n) is 14.1. The predicted octanol–water partition coefficient (Wildman–Crippen LogP) is 4.56. The van der Waals surface area contributed by atoms with Crippen molar-refractivity contribution in [2.45, 2.75) is 0 Å². The molecule has 0 atom stereocenters. The molecule has 0 aliphatic rings. The van der Waals surface area contributed by atoms with Crippen LogP contribution in [0.2, 0.25) is 0 Å². The van der Waals surface area contributed by atoms with E-state index in [1.54, 1.807) is 0 Å². The maximum atomic E-state index is 5.79. The Morgan fingerprint density at radius 1 is 0.560 bits per heavy atom. The number of benzene rings is 2.